The summed E-state index contributed by atoms with van der Waals surface area (Å²) in [6.45, 7) is 2.26. The van der Waals surface area contributed by atoms with Crippen molar-refractivity contribution in [3.8, 4) is 11.4 Å². The van der Waals surface area contributed by atoms with Crippen molar-refractivity contribution in [1.82, 2.24) is 30.5 Å². The fourth-order valence-corrected chi connectivity index (χ4v) is 3.01. The molecule has 11 heteroatoms. The van der Waals surface area contributed by atoms with Crippen LogP contribution in [0.3, 0.4) is 0 Å². The van der Waals surface area contributed by atoms with Gasteiger partial charge in [-0.15, -0.1) is 15.0 Å². The van der Waals surface area contributed by atoms with Crippen LogP contribution in [-0.4, -0.2) is 37.6 Å². The Bertz CT molecular complexity index is 1050. The van der Waals surface area contributed by atoms with E-state index in [2.05, 4.69) is 31.0 Å². The highest BCUT2D eigenvalue weighted by atomic mass is 19.4. The summed E-state index contributed by atoms with van der Waals surface area (Å²) in [6.07, 6.45) is -2.34. The molecule has 0 radical (unpaired) electrons. The fourth-order valence-electron chi connectivity index (χ4n) is 3.01. The molecule has 2 N–H and O–H groups in total. The maximum Gasteiger partial charge on any atom is 0.416 e. The molecule has 1 aromatic carbocycles. The second kappa shape index (κ2) is 6.83. The van der Waals surface area contributed by atoms with Crippen LogP contribution >= 0.6 is 0 Å². The van der Waals surface area contributed by atoms with E-state index in [0.29, 0.717) is 30.0 Å². The smallest absolute Gasteiger partial charge is 0.354 e. The van der Waals surface area contributed by atoms with Crippen molar-refractivity contribution < 1.29 is 18.0 Å². The van der Waals surface area contributed by atoms with Crippen LogP contribution in [0.25, 0.3) is 11.4 Å². The van der Waals surface area contributed by atoms with Gasteiger partial charge in [0.15, 0.2) is 5.54 Å². The molecule has 1 unspecified atom stereocenters. The normalized spacial score (nSPS) is 19.2. The number of nitrogens with one attached hydrogen (secondary N) is 2. The number of alkyl halides is 3. The van der Waals surface area contributed by atoms with Gasteiger partial charge in [-0.05, 0) is 48.5 Å². The number of pyridine rings is 1. The summed E-state index contributed by atoms with van der Waals surface area (Å²) in [6, 6.07) is 7.98. The number of aromatic nitrogens is 5. The molecule has 0 spiro atoms. The molecule has 0 saturated carbocycles. The Labute approximate surface area is 163 Å². The van der Waals surface area contributed by atoms with E-state index in [1.54, 1.807) is 19.1 Å². The Morgan fingerprint density at radius 3 is 2.62 bits per heavy atom. The number of amides is 1. The van der Waals surface area contributed by atoms with E-state index in [9.17, 15) is 18.0 Å². The summed E-state index contributed by atoms with van der Waals surface area (Å²) >= 11 is 0. The van der Waals surface area contributed by atoms with Crippen LogP contribution in [0.4, 0.5) is 24.7 Å². The van der Waals surface area contributed by atoms with Gasteiger partial charge in [0.05, 0.1) is 11.1 Å². The second-order valence-corrected chi connectivity index (χ2v) is 6.78. The number of carbonyl (C=O) groups excluding carboxylic acids is 1. The largest absolute Gasteiger partial charge is 0.416 e. The maximum absolute atomic E-state index is 12.7. The van der Waals surface area contributed by atoms with Crippen LogP contribution in [0.2, 0.25) is 0 Å². The number of anilines is 2. The van der Waals surface area contributed by atoms with Gasteiger partial charge in [0.25, 0.3) is 0 Å². The molecule has 8 nitrogen and oxygen atoms in total. The monoisotopic (exact) mass is 403 g/mol. The third-order valence-electron chi connectivity index (χ3n) is 4.77. The third kappa shape index (κ3) is 3.50. The van der Waals surface area contributed by atoms with E-state index in [-0.39, 0.29) is 11.7 Å². The van der Waals surface area contributed by atoms with Crippen molar-refractivity contribution in [1.29, 1.82) is 0 Å². The molecule has 29 heavy (non-hydrogen) atoms. The van der Waals surface area contributed by atoms with E-state index in [0.717, 1.165) is 12.1 Å². The second-order valence-electron chi connectivity index (χ2n) is 6.78. The molecule has 2 aromatic heterocycles. The van der Waals surface area contributed by atoms with Crippen LogP contribution in [0.1, 0.15) is 18.9 Å². The van der Waals surface area contributed by atoms with Crippen molar-refractivity contribution in [2.75, 3.05) is 11.9 Å². The predicted octanol–water partition coefficient (Wildman–Crippen LogP) is 2.73. The first kappa shape index (κ1) is 18.8. The van der Waals surface area contributed by atoms with Crippen molar-refractivity contribution in [3.05, 3.63) is 48.2 Å². The van der Waals surface area contributed by atoms with E-state index in [4.69, 9.17) is 0 Å². The molecule has 0 aliphatic carbocycles. The lowest BCUT2D eigenvalue weighted by Gasteiger charge is -2.17. The minimum Gasteiger partial charge on any atom is -0.354 e. The molecule has 1 atom stereocenters. The van der Waals surface area contributed by atoms with E-state index < -0.39 is 17.3 Å². The molecule has 3 heterocycles. The van der Waals surface area contributed by atoms with Gasteiger partial charge in [0.2, 0.25) is 11.7 Å². The highest BCUT2D eigenvalue weighted by molar-refractivity contribution is 5.85. The molecule has 150 valence electrons. The minimum absolute atomic E-state index is 0.185. The summed E-state index contributed by atoms with van der Waals surface area (Å²) in [7, 11) is 0. The zero-order chi connectivity index (χ0) is 20.6. The number of hydrogen-bond donors (Lipinski definition) is 2. The van der Waals surface area contributed by atoms with Gasteiger partial charge < -0.3 is 10.6 Å². The van der Waals surface area contributed by atoms with Crippen molar-refractivity contribution >= 4 is 17.4 Å². The van der Waals surface area contributed by atoms with Crippen LogP contribution < -0.4 is 10.6 Å². The fraction of sp³-hybridized carbons (Fsp3) is 0.278. The lowest BCUT2D eigenvalue weighted by molar-refractivity contribution is -0.137. The van der Waals surface area contributed by atoms with Gasteiger partial charge in [-0.25, -0.2) is 4.98 Å². The summed E-state index contributed by atoms with van der Waals surface area (Å²) in [5.74, 6) is 0.414. The lowest BCUT2D eigenvalue weighted by Crippen LogP contribution is -2.40. The Kier molecular flexibility index (Phi) is 4.44. The Balaban J connectivity index is 1.62. The average Bonchev–Trinajstić information content (AvgIpc) is 3.30. The van der Waals surface area contributed by atoms with Crippen LogP contribution in [-0.2, 0) is 16.5 Å². The molecule has 1 aliphatic heterocycles. The van der Waals surface area contributed by atoms with Gasteiger partial charge in [-0.3, -0.25) is 4.79 Å². The van der Waals surface area contributed by atoms with Gasteiger partial charge in [0, 0.05) is 24.8 Å². The lowest BCUT2D eigenvalue weighted by atomic mass is 10.0. The van der Waals surface area contributed by atoms with Gasteiger partial charge in [-0.1, -0.05) is 0 Å². The summed E-state index contributed by atoms with van der Waals surface area (Å²) in [5, 5.41) is 18.1. The van der Waals surface area contributed by atoms with E-state index in [1.165, 1.54) is 23.1 Å². The number of hydrogen-bond acceptors (Lipinski definition) is 6. The number of halogens is 3. The first-order chi connectivity index (χ1) is 13.8. The molecule has 1 amide bonds. The zero-order valence-electron chi connectivity index (χ0n) is 15.2. The van der Waals surface area contributed by atoms with Crippen molar-refractivity contribution in [3.63, 3.8) is 0 Å². The summed E-state index contributed by atoms with van der Waals surface area (Å²) in [4.78, 5) is 17.6. The Morgan fingerprint density at radius 1 is 1.21 bits per heavy atom. The van der Waals surface area contributed by atoms with Crippen molar-refractivity contribution in [2.45, 2.75) is 25.1 Å². The number of rotatable bonds is 4. The number of tetrazole rings is 1. The first-order valence-corrected chi connectivity index (χ1v) is 8.76. The van der Waals surface area contributed by atoms with Crippen LogP contribution in [0.15, 0.2) is 42.6 Å². The summed E-state index contributed by atoms with van der Waals surface area (Å²) < 4.78 is 38.2. The zero-order valence-corrected chi connectivity index (χ0v) is 15.2. The third-order valence-corrected chi connectivity index (χ3v) is 4.77. The van der Waals surface area contributed by atoms with Crippen LogP contribution in [0, 0.1) is 0 Å². The molecule has 4 rings (SSSR count). The number of nitrogens with zero attached hydrogens (tertiary/aromatic N) is 5. The van der Waals surface area contributed by atoms with Crippen molar-refractivity contribution in [2.24, 2.45) is 0 Å². The van der Waals surface area contributed by atoms with Gasteiger partial charge >= 0.3 is 6.18 Å². The molecular formula is C18H16F3N7O. The van der Waals surface area contributed by atoms with E-state index >= 15 is 0 Å². The highest BCUT2D eigenvalue weighted by Gasteiger charge is 2.42. The predicted molar refractivity (Wildman–Crippen MR) is 97.0 cm³/mol. The first-order valence-electron chi connectivity index (χ1n) is 8.76. The molecule has 1 aliphatic rings. The number of carbonyl (C=O) groups is 1. The van der Waals surface area contributed by atoms with Gasteiger partial charge in [0.1, 0.15) is 5.82 Å². The Morgan fingerprint density at radius 2 is 1.97 bits per heavy atom. The molecule has 1 saturated heterocycles. The maximum atomic E-state index is 12.7. The van der Waals surface area contributed by atoms with E-state index in [1.807, 2.05) is 0 Å². The summed E-state index contributed by atoms with van der Waals surface area (Å²) in [5.41, 5.74) is -0.737. The van der Waals surface area contributed by atoms with Crippen LogP contribution in [0.5, 0.6) is 0 Å². The molecule has 1 fully saturated rings. The Hall–Kier alpha value is -3.50. The SMILES string of the molecule is CC1(n2nnc(-c3cccnc3Nc3ccc(C(F)(F)F)cc3)n2)CCNC1=O. The standard InChI is InChI=1S/C18H16F3N7O/c1-17(8-10-23-16(17)29)28-26-15(25-27-28)13-3-2-9-22-14(13)24-12-6-4-11(5-7-12)18(19,20)21/h2-7,9H,8,10H2,1H3,(H,22,24)(H,23,29). The highest BCUT2D eigenvalue weighted by Crippen LogP contribution is 2.31. The molecule has 0 bridgehead atoms. The van der Waals surface area contributed by atoms with Gasteiger partial charge in [-0.2, -0.15) is 13.2 Å². The molecular weight excluding hydrogens is 387 g/mol. The quantitative estimate of drug-likeness (QED) is 0.695. The minimum atomic E-state index is -4.40. The number of benzene rings is 1. The average molecular weight is 403 g/mol. The molecule has 3 aromatic rings. The topological polar surface area (TPSA) is 97.6 Å².